The van der Waals surface area contributed by atoms with Gasteiger partial charge in [0.25, 0.3) is 0 Å². The average Bonchev–Trinajstić information content (AvgIpc) is 2.14. The molecule has 0 amide bonds. The molecule has 0 atom stereocenters. The van der Waals surface area contributed by atoms with Gasteiger partial charge in [0.2, 0.25) is 10.0 Å². The third kappa shape index (κ3) is 9.90. The van der Waals surface area contributed by atoms with E-state index in [1.165, 1.54) is 0 Å². The fourth-order valence-corrected chi connectivity index (χ4v) is 1.57. The number of nitrogens with one attached hydrogen (secondary N) is 2. The van der Waals surface area contributed by atoms with Crippen molar-refractivity contribution in [3.63, 3.8) is 0 Å². The molecular formula is C10H21N3O2S. The molecule has 0 spiro atoms. The van der Waals surface area contributed by atoms with Crippen LogP contribution < -0.4 is 10.0 Å². The molecule has 0 rings (SSSR count). The largest absolute Gasteiger partial charge is 0.317 e. The van der Waals surface area contributed by atoms with E-state index in [1.54, 1.807) is 0 Å². The van der Waals surface area contributed by atoms with Crippen molar-refractivity contribution in [1.82, 2.24) is 10.0 Å². The van der Waals surface area contributed by atoms with Crippen LogP contribution in [-0.2, 0) is 10.0 Å². The standard InChI is InChI=1S/C10H21N3O2S/c1-10(2,9-11)5-8-12-6-4-7-13-16(3,14)15/h12-13H,4-8H2,1-3H3. The van der Waals surface area contributed by atoms with E-state index in [9.17, 15) is 8.42 Å². The summed E-state index contributed by atoms with van der Waals surface area (Å²) in [4.78, 5) is 0. The first kappa shape index (κ1) is 15.4. The molecule has 0 heterocycles. The number of hydrogen-bond donors (Lipinski definition) is 2. The summed E-state index contributed by atoms with van der Waals surface area (Å²) in [5.74, 6) is 0. The molecule has 6 heteroatoms. The maximum atomic E-state index is 10.7. The van der Waals surface area contributed by atoms with Gasteiger partial charge in [0.05, 0.1) is 17.7 Å². The molecule has 0 saturated carbocycles. The zero-order chi connectivity index (χ0) is 12.7. The van der Waals surface area contributed by atoms with E-state index in [0.717, 1.165) is 32.2 Å². The van der Waals surface area contributed by atoms with Gasteiger partial charge in [-0.25, -0.2) is 13.1 Å². The van der Waals surface area contributed by atoms with Crippen LogP contribution in [-0.4, -0.2) is 34.3 Å². The molecule has 94 valence electrons. The Morgan fingerprint density at radius 3 is 2.38 bits per heavy atom. The van der Waals surface area contributed by atoms with Crippen LogP contribution in [0.1, 0.15) is 26.7 Å². The van der Waals surface area contributed by atoms with Crippen LogP contribution in [0.5, 0.6) is 0 Å². The minimum Gasteiger partial charge on any atom is -0.317 e. The maximum Gasteiger partial charge on any atom is 0.208 e. The first-order chi connectivity index (χ1) is 7.27. The lowest BCUT2D eigenvalue weighted by Gasteiger charge is -2.14. The predicted molar refractivity (Wildman–Crippen MR) is 64.3 cm³/mol. The summed E-state index contributed by atoms with van der Waals surface area (Å²) in [7, 11) is -3.06. The van der Waals surface area contributed by atoms with Crippen molar-refractivity contribution in [2.75, 3.05) is 25.9 Å². The van der Waals surface area contributed by atoms with E-state index in [4.69, 9.17) is 5.26 Å². The maximum absolute atomic E-state index is 10.7. The summed E-state index contributed by atoms with van der Waals surface area (Å²) in [6, 6.07) is 2.23. The van der Waals surface area contributed by atoms with Gasteiger partial charge in [0, 0.05) is 6.54 Å². The Morgan fingerprint density at radius 2 is 1.88 bits per heavy atom. The highest BCUT2D eigenvalue weighted by molar-refractivity contribution is 7.88. The van der Waals surface area contributed by atoms with Crippen LogP contribution in [0, 0.1) is 16.7 Å². The molecule has 0 aromatic heterocycles. The van der Waals surface area contributed by atoms with Crippen LogP contribution in [0.15, 0.2) is 0 Å². The minimum absolute atomic E-state index is 0.294. The Labute approximate surface area is 98.3 Å². The molecule has 0 aromatic carbocycles. The van der Waals surface area contributed by atoms with Crippen molar-refractivity contribution in [3.05, 3.63) is 0 Å². The Bertz CT molecular complexity index is 330. The van der Waals surface area contributed by atoms with Crippen molar-refractivity contribution in [3.8, 4) is 6.07 Å². The first-order valence-electron chi connectivity index (χ1n) is 5.33. The predicted octanol–water partition coefficient (Wildman–Crippen LogP) is 0.455. The molecular weight excluding hydrogens is 226 g/mol. The highest BCUT2D eigenvalue weighted by Crippen LogP contribution is 2.16. The van der Waals surface area contributed by atoms with Gasteiger partial charge < -0.3 is 5.32 Å². The topological polar surface area (TPSA) is 82.0 Å². The summed E-state index contributed by atoms with van der Waals surface area (Å²) >= 11 is 0. The lowest BCUT2D eigenvalue weighted by atomic mass is 9.91. The molecule has 0 aliphatic heterocycles. The SMILES string of the molecule is CC(C)(C#N)CCNCCCNS(C)(=O)=O. The number of nitriles is 1. The van der Waals surface area contributed by atoms with E-state index in [1.807, 2.05) is 13.8 Å². The molecule has 2 N–H and O–H groups in total. The molecule has 16 heavy (non-hydrogen) atoms. The monoisotopic (exact) mass is 247 g/mol. The molecule has 0 aromatic rings. The van der Waals surface area contributed by atoms with Crippen molar-refractivity contribution in [2.24, 2.45) is 5.41 Å². The van der Waals surface area contributed by atoms with Crippen molar-refractivity contribution < 1.29 is 8.42 Å². The van der Waals surface area contributed by atoms with Crippen LogP contribution in [0.25, 0.3) is 0 Å². The summed E-state index contributed by atoms with van der Waals surface area (Å²) in [6.45, 7) is 5.79. The van der Waals surface area contributed by atoms with E-state index >= 15 is 0 Å². The second kappa shape index (κ2) is 6.84. The van der Waals surface area contributed by atoms with Gasteiger partial charge in [-0.1, -0.05) is 0 Å². The smallest absolute Gasteiger partial charge is 0.208 e. The van der Waals surface area contributed by atoms with E-state index in [-0.39, 0.29) is 5.41 Å². The van der Waals surface area contributed by atoms with Crippen LogP contribution in [0.2, 0.25) is 0 Å². The Hall–Kier alpha value is -0.640. The zero-order valence-corrected chi connectivity index (χ0v) is 11.0. The van der Waals surface area contributed by atoms with Crippen LogP contribution >= 0.6 is 0 Å². The van der Waals surface area contributed by atoms with Crippen molar-refractivity contribution >= 4 is 10.0 Å². The van der Waals surface area contributed by atoms with Gasteiger partial charge in [-0.15, -0.1) is 0 Å². The quantitative estimate of drug-likeness (QED) is 0.610. The van der Waals surface area contributed by atoms with Crippen molar-refractivity contribution in [2.45, 2.75) is 26.7 Å². The van der Waals surface area contributed by atoms with Gasteiger partial charge in [-0.2, -0.15) is 5.26 Å². The summed E-state index contributed by atoms with van der Waals surface area (Å²) in [5.41, 5.74) is -0.294. The number of sulfonamides is 1. The number of nitrogens with zero attached hydrogens (tertiary/aromatic N) is 1. The van der Waals surface area contributed by atoms with Crippen LogP contribution in [0.4, 0.5) is 0 Å². The number of hydrogen-bond acceptors (Lipinski definition) is 4. The molecule has 0 aliphatic carbocycles. The summed E-state index contributed by atoms with van der Waals surface area (Å²) in [6.07, 6.45) is 2.69. The minimum atomic E-state index is -3.06. The van der Waals surface area contributed by atoms with Crippen LogP contribution in [0.3, 0.4) is 0 Å². The fourth-order valence-electron chi connectivity index (χ4n) is 1.05. The summed E-state index contributed by atoms with van der Waals surface area (Å²) < 4.78 is 23.9. The molecule has 0 bridgehead atoms. The van der Waals surface area contributed by atoms with E-state index < -0.39 is 10.0 Å². The van der Waals surface area contributed by atoms with E-state index in [2.05, 4.69) is 16.1 Å². The Morgan fingerprint density at radius 1 is 1.25 bits per heavy atom. The average molecular weight is 247 g/mol. The van der Waals surface area contributed by atoms with Crippen molar-refractivity contribution in [1.29, 1.82) is 5.26 Å². The number of rotatable bonds is 8. The van der Waals surface area contributed by atoms with E-state index in [0.29, 0.717) is 6.54 Å². The first-order valence-corrected chi connectivity index (χ1v) is 7.22. The molecule has 5 nitrogen and oxygen atoms in total. The van der Waals surface area contributed by atoms with Gasteiger partial charge in [0.15, 0.2) is 0 Å². The summed E-state index contributed by atoms with van der Waals surface area (Å²) in [5, 5.41) is 11.9. The molecule has 0 fully saturated rings. The lowest BCUT2D eigenvalue weighted by molar-refractivity contribution is 0.432. The molecule has 0 radical (unpaired) electrons. The van der Waals surface area contributed by atoms with Gasteiger partial charge >= 0.3 is 0 Å². The second-order valence-electron chi connectivity index (χ2n) is 4.52. The Balaban J connectivity index is 3.40. The zero-order valence-electron chi connectivity index (χ0n) is 10.2. The second-order valence-corrected chi connectivity index (χ2v) is 6.35. The normalized spacial score (nSPS) is 12.4. The third-order valence-corrected chi connectivity index (χ3v) is 2.85. The highest BCUT2D eigenvalue weighted by Gasteiger charge is 2.15. The molecule has 0 aliphatic rings. The Kier molecular flexibility index (Phi) is 6.56. The lowest BCUT2D eigenvalue weighted by Crippen LogP contribution is -2.27. The molecule has 0 saturated heterocycles. The van der Waals surface area contributed by atoms with Gasteiger partial charge in [-0.3, -0.25) is 0 Å². The van der Waals surface area contributed by atoms with Gasteiger partial charge in [-0.05, 0) is 39.8 Å². The fraction of sp³-hybridized carbons (Fsp3) is 0.900. The van der Waals surface area contributed by atoms with Gasteiger partial charge in [0.1, 0.15) is 0 Å². The third-order valence-electron chi connectivity index (χ3n) is 2.12. The highest BCUT2D eigenvalue weighted by atomic mass is 32.2. The molecule has 0 unspecified atom stereocenters.